The standard InChI is InChI=1S/C21H26N2O4S/c1-15-5-11-20(12-6-15)28(25,26)22(4)19-9-7-18(8-10-19)21(24)23-13-16(2)27-17(3)14-23/h5-12,16-17H,13-14H2,1-4H3/t16-,17-/m0/s1. The summed E-state index contributed by atoms with van der Waals surface area (Å²) in [6.45, 7) is 6.90. The average Bonchev–Trinajstić information content (AvgIpc) is 2.66. The Morgan fingerprint density at radius 1 is 1.00 bits per heavy atom. The first-order valence-corrected chi connectivity index (χ1v) is 10.7. The lowest BCUT2D eigenvalue weighted by atomic mass is 10.1. The molecule has 1 saturated heterocycles. The Morgan fingerprint density at radius 2 is 1.54 bits per heavy atom. The molecule has 0 saturated carbocycles. The molecule has 150 valence electrons. The van der Waals surface area contributed by atoms with Crippen molar-refractivity contribution in [1.82, 2.24) is 4.90 Å². The zero-order valence-corrected chi connectivity index (χ0v) is 17.4. The van der Waals surface area contributed by atoms with Crippen LogP contribution in [0.4, 0.5) is 5.69 Å². The van der Waals surface area contributed by atoms with Crippen molar-refractivity contribution in [2.45, 2.75) is 37.9 Å². The van der Waals surface area contributed by atoms with E-state index in [4.69, 9.17) is 4.74 Å². The number of morpholine rings is 1. The van der Waals surface area contributed by atoms with Gasteiger partial charge < -0.3 is 9.64 Å². The van der Waals surface area contributed by atoms with Crippen LogP contribution in [0.3, 0.4) is 0 Å². The van der Waals surface area contributed by atoms with Crippen LogP contribution < -0.4 is 4.31 Å². The molecule has 0 aromatic heterocycles. The van der Waals surface area contributed by atoms with Crippen LogP contribution in [0.5, 0.6) is 0 Å². The van der Waals surface area contributed by atoms with Crippen LogP contribution in [0, 0.1) is 6.92 Å². The van der Waals surface area contributed by atoms with E-state index in [1.54, 1.807) is 53.4 Å². The third kappa shape index (κ3) is 4.20. The molecule has 2 atom stereocenters. The van der Waals surface area contributed by atoms with Crippen molar-refractivity contribution in [3.05, 3.63) is 59.7 Å². The number of carbonyl (C=O) groups excluding carboxylic acids is 1. The molecule has 3 rings (SSSR count). The molecule has 0 N–H and O–H groups in total. The first-order chi connectivity index (χ1) is 13.2. The van der Waals surface area contributed by atoms with Crippen LogP contribution in [0.15, 0.2) is 53.4 Å². The Hall–Kier alpha value is -2.38. The van der Waals surface area contributed by atoms with E-state index < -0.39 is 10.0 Å². The van der Waals surface area contributed by atoms with Crippen molar-refractivity contribution in [1.29, 1.82) is 0 Å². The maximum atomic E-state index is 12.8. The maximum absolute atomic E-state index is 12.8. The topological polar surface area (TPSA) is 66.9 Å². The molecular formula is C21H26N2O4S. The number of hydrogen-bond acceptors (Lipinski definition) is 4. The van der Waals surface area contributed by atoms with Crippen LogP contribution in [0.1, 0.15) is 29.8 Å². The van der Waals surface area contributed by atoms with E-state index in [1.165, 1.54) is 11.4 Å². The maximum Gasteiger partial charge on any atom is 0.264 e. The Morgan fingerprint density at radius 3 is 2.07 bits per heavy atom. The second-order valence-electron chi connectivity index (χ2n) is 7.30. The van der Waals surface area contributed by atoms with Gasteiger partial charge in [0.05, 0.1) is 22.8 Å². The van der Waals surface area contributed by atoms with Crippen LogP contribution in [-0.2, 0) is 14.8 Å². The summed E-state index contributed by atoms with van der Waals surface area (Å²) in [6.07, 6.45) is -0.00415. The zero-order chi connectivity index (χ0) is 20.5. The van der Waals surface area contributed by atoms with E-state index in [2.05, 4.69) is 0 Å². The van der Waals surface area contributed by atoms with E-state index in [9.17, 15) is 13.2 Å². The number of anilines is 1. The van der Waals surface area contributed by atoms with Crippen molar-refractivity contribution >= 4 is 21.6 Å². The fourth-order valence-electron chi connectivity index (χ4n) is 3.35. The van der Waals surface area contributed by atoms with E-state index in [0.29, 0.717) is 24.3 Å². The minimum Gasteiger partial charge on any atom is -0.372 e. The molecule has 6 nitrogen and oxygen atoms in total. The smallest absolute Gasteiger partial charge is 0.264 e. The highest BCUT2D eigenvalue weighted by atomic mass is 32.2. The van der Waals surface area contributed by atoms with Gasteiger partial charge in [0.25, 0.3) is 15.9 Å². The molecule has 1 heterocycles. The Labute approximate surface area is 166 Å². The second kappa shape index (κ2) is 7.93. The summed E-state index contributed by atoms with van der Waals surface area (Å²) in [4.78, 5) is 14.8. The van der Waals surface area contributed by atoms with Crippen LogP contribution >= 0.6 is 0 Å². The number of aryl methyl sites for hydroxylation is 1. The van der Waals surface area contributed by atoms with Crippen molar-refractivity contribution in [3.63, 3.8) is 0 Å². The van der Waals surface area contributed by atoms with Crippen LogP contribution in [-0.4, -0.2) is 51.6 Å². The Balaban J connectivity index is 1.78. The van der Waals surface area contributed by atoms with E-state index in [1.807, 2.05) is 20.8 Å². The zero-order valence-electron chi connectivity index (χ0n) is 16.6. The second-order valence-corrected chi connectivity index (χ2v) is 9.27. The number of hydrogen-bond donors (Lipinski definition) is 0. The number of ether oxygens (including phenoxy) is 1. The molecular weight excluding hydrogens is 376 g/mol. The van der Waals surface area contributed by atoms with E-state index in [0.717, 1.165) is 5.56 Å². The third-order valence-corrected chi connectivity index (χ3v) is 6.66. The predicted molar refractivity (Wildman–Crippen MR) is 109 cm³/mol. The first-order valence-electron chi connectivity index (χ1n) is 9.29. The average molecular weight is 403 g/mol. The molecule has 0 radical (unpaired) electrons. The summed E-state index contributed by atoms with van der Waals surface area (Å²) in [5.41, 5.74) is 2.03. The van der Waals surface area contributed by atoms with Crippen molar-refractivity contribution in [2.24, 2.45) is 0 Å². The molecule has 1 aliphatic heterocycles. The quantitative estimate of drug-likeness (QED) is 0.788. The molecule has 0 bridgehead atoms. The van der Waals surface area contributed by atoms with Crippen LogP contribution in [0.2, 0.25) is 0 Å². The normalized spacial score (nSPS) is 20.1. The van der Waals surface area contributed by atoms with Gasteiger partial charge >= 0.3 is 0 Å². The molecule has 7 heteroatoms. The summed E-state index contributed by atoms with van der Waals surface area (Å²) in [5.74, 6) is -0.0717. The lowest BCUT2D eigenvalue weighted by Crippen LogP contribution is -2.48. The highest BCUT2D eigenvalue weighted by Gasteiger charge is 2.27. The van der Waals surface area contributed by atoms with Gasteiger partial charge in [-0.1, -0.05) is 17.7 Å². The highest BCUT2D eigenvalue weighted by Crippen LogP contribution is 2.23. The predicted octanol–water partition coefficient (Wildman–Crippen LogP) is 3.07. The van der Waals surface area contributed by atoms with E-state index >= 15 is 0 Å². The van der Waals surface area contributed by atoms with Crippen molar-refractivity contribution in [2.75, 3.05) is 24.4 Å². The summed E-state index contributed by atoms with van der Waals surface area (Å²) in [6, 6.07) is 13.4. The van der Waals surface area contributed by atoms with Gasteiger partial charge in [0, 0.05) is 25.7 Å². The van der Waals surface area contributed by atoms with Gasteiger partial charge in [-0.2, -0.15) is 0 Å². The Kier molecular flexibility index (Phi) is 5.76. The van der Waals surface area contributed by atoms with Crippen LogP contribution in [0.25, 0.3) is 0 Å². The largest absolute Gasteiger partial charge is 0.372 e. The summed E-state index contributed by atoms with van der Waals surface area (Å²) in [7, 11) is -2.14. The minimum atomic E-state index is -3.66. The molecule has 1 aliphatic rings. The fraction of sp³-hybridized carbons (Fsp3) is 0.381. The monoisotopic (exact) mass is 402 g/mol. The highest BCUT2D eigenvalue weighted by molar-refractivity contribution is 7.92. The number of sulfonamides is 1. The van der Waals surface area contributed by atoms with Gasteiger partial charge in [0.1, 0.15) is 0 Å². The molecule has 2 aromatic rings. The lowest BCUT2D eigenvalue weighted by molar-refractivity contribution is -0.0586. The fourth-order valence-corrected chi connectivity index (χ4v) is 4.54. The first kappa shape index (κ1) is 20.4. The number of benzene rings is 2. The molecule has 0 unspecified atom stereocenters. The number of nitrogens with zero attached hydrogens (tertiary/aromatic N) is 2. The van der Waals surface area contributed by atoms with Gasteiger partial charge in [-0.3, -0.25) is 9.10 Å². The van der Waals surface area contributed by atoms with Crippen molar-refractivity contribution in [3.8, 4) is 0 Å². The van der Waals surface area contributed by atoms with Crippen molar-refractivity contribution < 1.29 is 17.9 Å². The van der Waals surface area contributed by atoms with Gasteiger partial charge in [0.15, 0.2) is 0 Å². The summed E-state index contributed by atoms with van der Waals surface area (Å²) in [5, 5.41) is 0. The van der Waals surface area contributed by atoms with Gasteiger partial charge in [-0.05, 0) is 57.2 Å². The number of carbonyl (C=O) groups is 1. The summed E-state index contributed by atoms with van der Waals surface area (Å²) < 4.78 is 32.5. The number of amides is 1. The molecule has 1 fully saturated rings. The third-order valence-electron chi connectivity index (χ3n) is 4.86. The summed E-state index contributed by atoms with van der Waals surface area (Å²) >= 11 is 0. The van der Waals surface area contributed by atoms with Gasteiger partial charge in [0.2, 0.25) is 0 Å². The molecule has 1 amide bonds. The minimum absolute atomic E-state index is 0.00208. The SMILES string of the molecule is Cc1ccc(S(=O)(=O)N(C)c2ccc(C(=O)N3C[C@H](C)O[C@@H](C)C3)cc2)cc1. The molecule has 0 aliphatic carbocycles. The number of rotatable bonds is 4. The van der Waals surface area contributed by atoms with E-state index in [-0.39, 0.29) is 23.0 Å². The molecule has 0 spiro atoms. The lowest BCUT2D eigenvalue weighted by Gasteiger charge is -2.35. The molecule has 28 heavy (non-hydrogen) atoms. The van der Waals surface area contributed by atoms with Gasteiger partial charge in [-0.15, -0.1) is 0 Å². The van der Waals surface area contributed by atoms with Gasteiger partial charge in [-0.25, -0.2) is 8.42 Å². The Bertz CT molecular complexity index is 929. The molecule has 2 aromatic carbocycles.